The fourth-order valence-corrected chi connectivity index (χ4v) is 3.36. The minimum atomic E-state index is -0.593. The van der Waals surface area contributed by atoms with Gasteiger partial charge in [-0.05, 0) is 32.4 Å². The third kappa shape index (κ3) is 4.11. The summed E-state index contributed by atoms with van der Waals surface area (Å²) in [6.45, 7) is 3.82. The van der Waals surface area contributed by atoms with Gasteiger partial charge < -0.3 is 4.90 Å². The molecule has 0 aliphatic carbocycles. The Labute approximate surface area is 170 Å². The Morgan fingerprint density at radius 1 is 0.966 bits per heavy atom. The summed E-state index contributed by atoms with van der Waals surface area (Å²) < 4.78 is 0. The Morgan fingerprint density at radius 2 is 1.52 bits per heavy atom. The zero-order valence-electron chi connectivity index (χ0n) is 16.8. The third-order valence-corrected chi connectivity index (χ3v) is 5.34. The number of hydrogen-bond acceptors (Lipinski definition) is 4. The van der Waals surface area contributed by atoms with Crippen LogP contribution in [0.1, 0.15) is 56.4 Å². The number of hydrogen-bond donors (Lipinski definition) is 0. The summed E-state index contributed by atoms with van der Waals surface area (Å²) in [5.41, 5.74) is 2.43. The lowest BCUT2D eigenvalue weighted by Gasteiger charge is -2.24. The van der Waals surface area contributed by atoms with Crippen LogP contribution in [0.15, 0.2) is 48.5 Å². The van der Waals surface area contributed by atoms with Crippen molar-refractivity contribution in [3.8, 4) is 0 Å². The Bertz CT molecular complexity index is 930. The van der Waals surface area contributed by atoms with Gasteiger partial charge in [-0.1, -0.05) is 42.0 Å². The van der Waals surface area contributed by atoms with Crippen LogP contribution in [-0.2, 0) is 4.79 Å². The first-order valence-electron chi connectivity index (χ1n) is 9.63. The van der Waals surface area contributed by atoms with Crippen molar-refractivity contribution in [1.82, 2.24) is 9.80 Å². The number of benzene rings is 2. The van der Waals surface area contributed by atoms with E-state index in [1.165, 1.54) is 9.80 Å². The maximum atomic E-state index is 12.6. The van der Waals surface area contributed by atoms with Crippen molar-refractivity contribution in [1.29, 1.82) is 0 Å². The van der Waals surface area contributed by atoms with Crippen LogP contribution in [0.25, 0.3) is 0 Å². The molecule has 6 nitrogen and oxygen atoms in total. The zero-order valence-corrected chi connectivity index (χ0v) is 16.8. The lowest BCUT2D eigenvalue weighted by molar-refractivity contribution is -0.131. The monoisotopic (exact) mass is 392 g/mol. The molecule has 1 aliphatic rings. The maximum absolute atomic E-state index is 12.6. The van der Waals surface area contributed by atoms with Gasteiger partial charge in [0.25, 0.3) is 11.8 Å². The molecule has 1 unspecified atom stereocenters. The highest BCUT2D eigenvalue weighted by Crippen LogP contribution is 2.22. The number of amides is 3. The van der Waals surface area contributed by atoms with Crippen molar-refractivity contribution >= 4 is 23.5 Å². The molecule has 3 rings (SSSR count). The summed E-state index contributed by atoms with van der Waals surface area (Å²) in [5, 5.41) is 0. The molecule has 0 fully saturated rings. The quantitative estimate of drug-likeness (QED) is 0.536. The zero-order chi connectivity index (χ0) is 21.1. The van der Waals surface area contributed by atoms with Gasteiger partial charge in [0.2, 0.25) is 5.91 Å². The molecular weight excluding hydrogens is 368 g/mol. The summed E-state index contributed by atoms with van der Waals surface area (Å²) in [6, 6.07) is 13.4. The molecule has 0 N–H and O–H groups in total. The number of likely N-dealkylation sites (N-methyl/N-ethyl adjacent to an activating group) is 1. The van der Waals surface area contributed by atoms with E-state index in [2.05, 4.69) is 0 Å². The fraction of sp³-hybridized carbons (Fsp3) is 0.304. The number of Topliss-reactive ketones (excluding diaryl/α,β-unsaturated/α-hetero) is 1. The summed E-state index contributed by atoms with van der Waals surface area (Å²) >= 11 is 0. The fourth-order valence-electron chi connectivity index (χ4n) is 3.36. The van der Waals surface area contributed by atoms with Gasteiger partial charge in [0.1, 0.15) is 0 Å². The van der Waals surface area contributed by atoms with Crippen LogP contribution < -0.4 is 0 Å². The highest BCUT2D eigenvalue weighted by molar-refractivity contribution is 6.21. The van der Waals surface area contributed by atoms with Gasteiger partial charge in [0.15, 0.2) is 5.78 Å². The molecule has 1 atom stereocenters. The topological polar surface area (TPSA) is 74.8 Å². The number of imide groups is 1. The molecule has 0 spiro atoms. The lowest BCUT2D eigenvalue weighted by atomic mass is 10.0. The minimum absolute atomic E-state index is 0.124. The summed E-state index contributed by atoms with van der Waals surface area (Å²) in [4.78, 5) is 52.4. The van der Waals surface area contributed by atoms with Crippen molar-refractivity contribution < 1.29 is 19.2 Å². The van der Waals surface area contributed by atoms with Crippen LogP contribution in [0, 0.1) is 6.92 Å². The van der Waals surface area contributed by atoms with Crippen molar-refractivity contribution in [2.75, 3.05) is 13.6 Å². The van der Waals surface area contributed by atoms with Gasteiger partial charge in [0.05, 0.1) is 17.2 Å². The largest absolute Gasteiger partial charge is 0.336 e. The highest BCUT2D eigenvalue weighted by atomic mass is 16.2. The molecule has 2 aromatic rings. The molecule has 0 bridgehead atoms. The van der Waals surface area contributed by atoms with Gasteiger partial charge in [-0.15, -0.1) is 0 Å². The molecule has 1 aliphatic heterocycles. The number of fused-ring (bicyclic) bond motifs is 1. The number of nitrogens with zero attached hydrogens (tertiary/aromatic N) is 2. The number of rotatable bonds is 7. The Kier molecular flexibility index (Phi) is 5.92. The van der Waals surface area contributed by atoms with Gasteiger partial charge >= 0.3 is 0 Å². The predicted octanol–water partition coefficient (Wildman–Crippen LogP) is 3.10. The van der Waals surface area contributed by atoms with E-state index in [9.17, 15) is 19.2 Å². The van der Waals surface area contributed by atoms with Gasteiger partial charge in [0, 0.05) is 25.6 Å². The minimum Gasteiger partial charge on any atom is -0.336 e. The molecule has 1 heterocycles. The number of aryl methyl sites for hydroxylation is 1. The first-order valence-corrected chi connectivity index (χ1v) is 9.63. The average molecular weight is 392 g/mol. The van der Waals surface area contributed by atoms with E-state index in [1.807, 2.05) is 19.1 Å². The number of carbonyl (C=O) groups excluding carboxylic acids is 4. The lowest BCUT2D eigenvalue weighted by Crippen LogP contribution is -2.40. The highest BCUT2D eigenvalue weighted by Gasteiger charge is 2.34. The molecule has 29 heavy (non-hydrogen) atoms. The normalized spacial score (nSPS) is 14.0. The second-order valence-corrected chi connectivity index (χ2v) is 7.32. The van der Waals surface area contributed by atoms with Crippen molar-refractivity contribution in [2.24, 2.45) is 0 Å². The standard InChI is InChI=1S/C23H24N2O4/c1-15-10-12-17(13-11-15)21(27)16(2)24(3)20(26)9-6-14-25-22(28)18-7-4-5-8-19(18)23(25)29/h4-5,7-8,10-13,16H,6,9,14H2,1-3H3. The molecule has 0 saturated heterocycles. The van der Waals surface area contributed by atoms with E-state index in [0.29, 0.717) is 23.1 Å². The van der Waals surface area contributed by atoms with Crippen molar-refractivity contribution in [2.45, 2.75) is 32.7 Å². The second kappa shape index (κ2) is 8.39. The van der Waals surface area contributed by atoms with Crippen LogP contribution in [0.2, 0.25) is 0 Å². The van der Waals surface area contributed by atoms with E-state index >= 15 is 0 Å². The van der Waals surface area contributed by atoms with Crippen LogP contribution in [0.4, 0.5) is 0 Å². The van der Waals surface area contributed by atoms with Gasteiger partial charge in [-0.3, -0.25) is 24.1 Å². The molecular formula is C23H24N2O4. The first kappa shape index (κ1) is 20.5. The summed E-state index contributed by atoms with van der Waals surface area (Å²) in [7, 11) is 1.60. The van der Waals surface area contributed by atoms with Crippen LogP contribution in [0.5, 0.6) is 0 Å². The average Bonchev–Trinajstić information content (AvgIpc) is 2.97. The SMILES string of the molecule is Cc1ccc(C(=O)C(C)N(C)C(=O)CCCN2C(=O)c3ccccc3C2=O)cc1. The molecule has 6 heteroatoms. The van der Waals surface area contributed by atoms with E-state index < -0.39 is 6.04 Å². The molecule has 3 amide bonds. The first-order chi connectivity index (χ1) is 13.8. The van der Waals surface area contributed by atoms with E-state index in [1.54, 1.807) is 50.4 Å². The van der Waals surface area contributed by atoms with Gasteiger partial charge in [-0.2, -0.15) is 0 Å². The van der Waals surface area contributed by atoms with Crippen LogP contribution in [-0.4, -0.2) is 52.9 Å². The van der Waals surface area contributed by atoms with Crippen molar-refractivity contribution in [3.63, 3.8) is 0 Å². The number of carbonyl (C=O) groups is 4. The smallest absolute Gasteiger partial charge is 0.261 e. The Morgan fingerprint density at radius 3 is 2.07 bits per heavy atom. The van der Waals surface area contributed by atoms with Crippen LogP contribution in [0.3, 0.4) is 0 Å². The molecule has 0 radical (unpaired) electrons. The second-order valence-electron chi connectivity index (χ2n) is 7.32. The van der Waals surface area contributed by atoms with Crippen LogP contribution >= 0.6 is 0 Å². The molecule has 2 aromatic carbocycles. The molecule has 150 valence electrons. The van der Waals surface area contributed by atoms with Crippen molar-refractivity contribution in [3.05, 3.63) is 70.8 Å². The summed E-state index contributed by atoms with van der Waals surface area (Å²) in [5.74, 6) is -0.973. The Balaban J connectivity index is 1.54. The van der Waals surface area contributed by atoms with E-state index in [4.69, 9.17) is 0 Å². The van der Waals surface area contributed by atoms with Gasteiger partial charge in [-0.25, -0.2) is 0 Å². The maximum Gasteiger partial charge on any atom is 0.261 e. The van der Waals surface area contributed by atoms with E-state index in [-0.39, 0.29) is 36.5 Å². The molecule has 0 aromatic heterocycles. The third-order valence-electron chi connectivity index (χ3n) is 5.34. The predicted molar refractivity (Wildman–Crippen MR) is 109 cm³/mol. The molecule has 0 saturated carbocycles. The Hall–Kier alpha value is -3.28. The van der Waals surface area contributed by atoms with E-state index in [0.717, 1.165) is 5.56 Å². The number of ketones is 1. The summed E-state index contributed by atoms with van der Waals surface area (Å²) in [6.07, 6.45) is 0.496.